The Labute approximate surface area is 120 Å². The van der Waals surface area contributed by atoms with Crippen LogP contribution in [0, 0.1) is 5.82 Å². The van der Waals surface area contributed by atoms with Gasteiger partial charge in [-0.2, -0.15) is 0 Å². The Morgan fingerprint density at radius 2 is 2.14 bits per heavy atom. The summed E-state index contributed by atoms with van der Waals surface area (Å²) in [7, 11) is -3.60. The fraction of sp³-hybridized carbons (Fsp3) is 0.357. The molecule has 1 aromatic carbocycles. The summed E-state index contributed by atoms with van der Waals surface area (Å²) in [5.74, 6) is -1.54. The van der Waals surface area contributed by atoms with Gasteiger partial charge in [0.25, 0.3) is 0 Å². The maximum atomic E-state index is 13.6. The van der Waals surface area contributed by atoms with Crippen molar-refractivity contribution < 1.29 is 22.7 Å². The van der Waals surface area contributed by atoms with Gasteiger partial charge in [-0.15, -0.1) is 0 Å². The van der Waals surface area contributed by atoms with Crippen LogP contribution < -0.4 is 0 Å². The van der Waals surface area contributed by atoms with Crippen LogP contribution >= 0.6 is 0 Å². The van der Waals surface area contributed by atoms with E-state index < -0.39 is 21.6 Å². The van der Waals surface area contributed by atoms with E-state index in [0.29, 0.717) is 23.7 Å². The second kappa shape index (κ2) is 4.56. The monoisotopic (exact) mass is 311 g/mol. The first-order valence-electron chi connectivity index (χ1n) is 6.52. The van der Waals surface area contributed by atoms with E-state index in [-0.39, 0.29) is 17.4 Å². The van der Waals surface area contributed by atoms with Crippen molar-refractivity contribution in [3.05, 3.63) is 29.7 Å². The molecule has 0 bridgehead atoms. The van der Waals surface area contributed by atoms with Crippen LogP contribution in [0.5, 0.6) is 0 Å². The van der Waals surface area contributed by atoms with E-state index in [2.05, 4.69) is 0 Å². The number of carboxylic acids is 1. The van der Waals surface area contributed by atoms with E-state index in [1.165, 1.54) is 6.07 Å². The number of carbonyl (C=O) groups is 1. The van der Waals surface area contributed by atoms with Crippen molar-refractivity contribution in [2.75, 3.05) is 6.26 Å². The summed E-state index contributed by atoms with van der Waals surface area (Å²) >= 11 is 0. The van der Waals surface area contributed by atoms with Gasteiger partial charge >= 0.3 is 5.97 Å². The van der Waals surface area contributed by atoms with Crippen molar-refractivity contribution >= 4 is 26.7 Å². The van der Waals surface area contributed by atoms with E-state index in [0.717, 1.165) is 18.0 Å². The third-order valence-corrected chi connectivity index (χ3v) is 4.96. The van der Waals surface area contributed by atoms with Crippen molar-refractivity contribution in [1.82, 2.24) is 4.57 Å². The Balaban J connectivity index is 2.32. The molecule has 1 aliphatic rings. The molecule has 1 N–H and O–H groups in total. The van der Waals surface area contributed by atoms with Crippen LogP contribution in [0.3, 0.4) is 0 Å². The SMILES string of the molecule is CS(=O)(=O)c1cc(F)cc2cc3n(c12)C(CC(=O)O)CC3. The lowest BCUT2D eigenvalue weighted by molar-refractivity contribution is -0.137. The predicted octanol–water partition coefficient (Wildman–Crippen LogP) is 2.15. The number of benzene rings is 1. The number of carboxylic acid groups (broad SMARTS) is 1. The smallest absolute Gasteiger partial charge is 0.305 e. The number of hydrogen-bond donors (Lipinski definition) is 1. The molecule has 1 aliphatic heterocycles. The highest BCUT2D eigenvalue weighted by Gasteiger charge is 2.29. The molecule has 0 aliphatic carbocycles. The number of sulfone groups is 1. The minimum atomic E-state index is -3.60. The third kappa shape index (κ3) is 2.31. The van der Waals surface area contributed by atoms with Gasteiger partial charge in [0.05, 0.1) is 16.8 Å². The molecule has 0 radical (unpaired) electrons. The standard InChI is InChI=1S/C14H14FNO4S/c1-21(19,20)12-6-9(15)4-8-5-10-2-3-11(7-13(17)18)16(10)14(8)12/h4-6,11H,2-3,7H2,1H3,(H,17,18). The highest BCUT2D eigenvalue weighted by molar-refractivity contribution is 7.91. The van der Waals surface area contributed by atoms with Gasteiger partial charge in [0.1, 0.15) is 5.82 Å². The van der Waals surface area contributed by atoms with Gasteiger partial charge < -0.3 is 9.67 Å². The summed E-state index contributed by atoms with van der Waals surface area (Å²) in [6.07, 6.45) is 2.27. The number of aliphatic carboxylic acids is 1. The van der Waals surface area contributed by atoms with Crippen LogP contribution in [-0.2, 0) is 21.1 Å². The van der Waals surface area contributed by atoms with Crippen molar-refractivity contribution in [2.24, 2.45) is 0 Å². The molecular weight excluding hydrogens is 297 g/mol. The number of nitrogens with zero attached hydrogens (tertiary/aromatic N) is 1. The summed E-state index contributed by atoms with van der Waals surface area (Å²) in [5, 5.41) is 9.49. The zero-order chi connectivity index (χ0) is 15.4. The maximum absolute atomic E-state index is 13.6. The first-order valence-corrected chi connectivity index (χ1v) is 8.41. The molecule has 0 saturated carbocycles. The molecular formula is C14H14FNO4S. The number of hydrogen-bond acceptors (Lipinski definition) is 3. The van der Waals surface area contributed by atoms with Crippen LogP contribution in [0.1, 0.15) is 24.6 Å². The van der Waals surface area contributed by atoms with Gasteiger partial charge in [0.2, 0.25) is 0 Å². The van der Waals surface area contributed by atoms with Crippen molar-refractivity contribution in [2.45, 2.75) is 30.2 Å². The van der Waals surface area contributed by atoms with Crippen molar-refractivity contribution in [3.63, 3.8) is 0 Å². The van der Waals surface area contributed by atoms with Crippen LogP contribution in [0.2, 0.25) is 0 Å². The summed E-state index contributed by atoms with van der Waals surface area (Å²) < 4.78 is 39.2. The molecule has 0 amide bonds. The fourth-order valence-electron chi connectivity index (χ4n) is 3.09. The summed E-state index contributed by atoms with van der Waals surface area (Å²) in [5.41, 5.74) is 1.27. The number of aryl methyl sites for hydroxylation is 1. The fourth-order valence-corrected chi connectivity index (χ4v) is 3.98. The van der Waals surface area contributed by atoms with Gasteiger partial charge in [-0.25, -0.2) is 12.8 Å². The molecule has 0 saturated heterocycles. The number of halogens is 1. The van der Waals surface area contributed by atoms with Crippen LogP contribution in [0.25, 0.3) is 10.9 Å². The number of fused-ring (bicyclic) bond motifs is 3. The maximum Gasteiger partial charge on any atom is 0.305 e. The van der Waals surface area contributed by atoms with Gasteiger partial charge in [-0.05, 0) is 31.0 Å². The first-order chi connectivity index (χ1) is 9.77. The van der Waals surface area contributed by atoms with Gasteiger partial charge in [-0.3, -0.25) is 4.79 Å². The molecule has 1 aromatic heterocycles. The minimum absolute atomic E-state index is 0.0721. The lowest BCUT2D eigenvalue weighted by Crippen LogP contribution is -2.11. The summed E-state index contributed by atoms with van der Waals surface area (Å²) in [6.45, 7) is 0. The molecule has 21 heavy (non-hydrogen) atoms. The second-order valence-corrected chi connectivity index (χ2v) is 7.39. The van der Waals surface area contributed by atoms with E-state index in [1.54, 1.807) is 10.6 Å². The molecule has 1 atom stereocenters. The Hall–Kier alpha value is -1.89. The zero-order valence-electron chi connectivity index (χ0n) is 11.3. The topological polar surface area (TPSA) is 76.4 Å². The van der Waals surface area contributed by atoms with Gasteiger partial charge in [-0.1, -0.05) is 0 Å². The molecule has 7 heteroatoms. The lowest BCUT2D eigenvalue weighted by Gasteiger charge is -2.14. The third-order valence-electron chi connectivity index (χ3n) is 3.85. The average molecular weight is 311 g/mol. The average Bonchev–Trinajstić information content (AvgIpc) is 2.86. The van der Waals surface area contributed by atoms with E-state index in [1.807, 2.05) is 0 Å². The van der Waals surface area contributed by atoms with Crippen LogP contribution in [-0.4, -0.2) is 30.3 Å². The van der Waals surface area contributed by atoms with E-state index in [4.69, 9.17) is 5.11 Å². The quantitative estimate of drug-likeness (QED) is 0.942. The van der Waals surface area contributed by atoms with Crippen LogP contribution in [0.15, 0.2) is 23.1 Å². The minimum Gasteiger partial charge on any atom is -0.481 e. The normalized spacial score (nSPS) is 18.1. The molecule has 2 heterocycles. The van der Waals surface area contributed by atoms with Crippen molar-refractivity contribution in [1.29, 1.82) is 0 Å². The molecule has 0 spiro atoms. The highest BCUT2D eigenvalue weighted by Crippen LogP contribution is 2.38. The Morgan fingerprint density at radius 3 is 2.76 bits per heavy atom. The highest BCUT2D eigenvalue weighted by atomic mass is 32.2. The Bertz CT molecular complexity index is 853. The molecule has 0 fully saturated rings. The Morgan fingerprint density at radius 1 is 1.43 bits per heavy atom. The summed E-state index contributed by atoms with van der Waals surface area (Å²) in [4.78, 5) is 10.9. The largest absolute Gasteiger partial charge is 0.481 e. The molecule has 2 aromatic rings. The second-order valence-electron chi connectivity index (χ2n) is 5.41. The summed E-state index contributed by atoms with van der Waals surface area (Å²) in [6, 6.07) is 3.74. The van der Waals surface area contributed by atoms with Gasteiger partial charge in [0.15, 0.2) is 9.84 Å². The number of aromatic nitrogens is 1. The Kier molecular flexibility index (Phi) is 3.05. The predicted molar refractivity (Wildman–Crippen MR) is 74.6 cm³/mol. The van der Waals surface area contributed by atoms with E-state index in [9.17, 15) is 17.6 Å². The molecule has 3 rings (SSSR count). The van der Waals surface area contributed by atoms with Crippen molar-refractivity contribution in [3.8, 4) is 0 Å². The molecule has 1 unspecified atom stereocenters. The lowest BCUT2D eigenvalue weighted by atomic mass is 10.1. The first kappa shape index (κ1) is 14.1. The number of rotatable bonds is 3. The van der Waals surface area contributed by atoms with E-state index >= 15 is 0 Å². The zero-order valence-corrected chi connectivity index (χ0v) is 12.2. The van der Waals surface area contributed by atoms with Gasteiger partial charge in [0, 0.05) is 23.4 Å². The molecule has 112 valence electrons. The van der Waals surface area contributed by atoms with Crippen LogP contribution in [0.4, 0.5) is 4.39 Å². The molecule has 5 nitrogen and oxygen atoms in total.